The first-order valence-electron chi connectivity index (χ1n) is 12.3. The highest BCUT2D eigenvalue weighted by molar-refractivity contribution is 7.22. The monoisotopic (exact) mass is 479 g/mol. The van der Waals surface area contributed by atoms with Crippen LogP contribution in [-0.4, -0.2) is 62.3 Å². The standard InChI is InChI=1S/C27H33N3O3S/c1-19-8-11-23(32-2)24-25(19)34-27(28-24)30(13-5-12-29-14-16-33-17-15-29)26(31)22-10-9-20-6-3-4-7-21(20)18-22/h8-11,18H,3-7,12-17H2,1-2H3. The maximum absolute atomic E-state index is 13.9. The Hall–Kier alpha value is -2.48. The number of fused-ring (bicyclic) bond motifs is 2. The Morgan fingerprint density at radius 1 is 1.15 bits per heavy atom. The average Bonchev–Trinajstić information content (AvgIpc) is 3.33. The molecule has 1 aliphatic heterocycles. The molecule has 0 bridgehead atoms. The number of aromatic nitrogens is 1. The van der Waals surface area contributed by atoms with Gasteiger partial charge in [0.1, 0.15) is 11.3 Å². The zero-order chi connectivity index (χ0) is 23.5. The van der Waals surface area contributed by atoms with E-state index in [9.17, 15) is 4.79 Å². The van der Waals surface area contributed by atoms with Crippen molar-refractivity contribution in [3.05, 3.63) is 52.6 Å². The zero-order valence-electron chi connectivity index (χ0n) is 20.1. The van der Waals surface area contributed by atoms with E-state index in [0.29, 0.717) is 6.54 Å². The molecule has 0 atom stereocenters. The predicted molar refractivity (Wildman–Crippen MR) is 138 cm³/mol. The van der Waals surface area contributed by atoms with Gasteiger partial charge in [0.25, 0.3) is 5.91 Å². The molecule has 1 saturated heterocycles. The van der Waals surface area contributed by atoms with E-state index in [1.54, 1.807) is 18.4 Å². The van der Waals surface area contributed by atoms with Gasteiger partial charge in [0, 0.05) is 31.7 Å². The summed E-state index contributed by atoms with van der Waals surface area (Å²) in [7, 11) is 1.67. The highest BCUT2D eigenvalue weighted by atomic mass is 32.1. The van der Waals surface area contributed by atoms with Crippen molar-refractivity contribution < 1.29 is 14.3 Å². The summed E-state index contributed by atoms with van der Waals surface area (Å²) in [5, 5.41) is 0.743. The molecule has 3 aromatic rings. The van der Waals surface area contributed by atoms with Crippen LogP contribution >= 0.6 is 11.3 Å². The smallest absolute Gasteiger partial charge is 0.260 e. The van der Waals surface area contributed by atoms with Crippen LogP contribution in [0.2, 0.25) is 0 Å². The lowest BCUT2D eigenvalue weighted by molar-refractivity contribution is 0.0376. The van der Waals surface area contributed by atoms with Crippen molar-refractivity contribution in [1.82, 2.24) is 9.88 Å². The minimum absolute atomic E-state index is 0.0334. The molecule has 0 spiro atoms. The maximum atomic E-state index is 13.9. The fraction of sp³-hybridized carbons (Fsp3) is 0.481. The van der Waals surface area contributed by atoms with Gasteiger partial charge in [-0.2, -0.15) is 0 Å². The van der Waals surface area contributed by atoms with Gasteiger partial charge in [-0.05, 0) is 73.9 Å². The summed E-state index contributed by atoms with van der Waals surface area (Å²) in [6.45, 7) is 7.15. The van der Waals surface area contributed by atoms with Crippen LogP contribution in [0.5, 0.6) is 5.75 Å². The van der Waals surface area contributed by atoms with Crippen LogP contribution in [0.15, 0.2) is 30.3 Å². The van der Waals surface area contributed by atoms with Crippen molar-refractivity contribution in [2.45, 2.75) is 39.0 Å². The molecule has 0 radical (unpaired) electrons. The topological polar surface area (TPSA) is 54.9 Å². The number of methoxy groups -OCH3 is 1. The second-order valence-corrected chi connectivity index (χ2v) is 10.2. The van der Waals surface area contributed by atoms with Crippen molar-refractivity contribution in [1.29, 1.82) is 0 Å². The maximum Gasteiger partial charge on any atom is 0.260 e. The number of benzene rings is 2. The number of aryl methyl sites for hydroxylation is 3. The van der Waals surface area contributed by atoms with E-state index in [4.69, 9.17) is 14.5 Å². The van der Waals surface area contributed by atoms with Crippen LogP contribution in [0.4, 0.5) is 5.13 Å². The molecule has 34 heavy (non-hydrogen) atoms. The predicted octanol–water partition coefficient (Wildman–Crippen LogP) is 4.86. The zero-order valence-corrected chi connectivity index (χ0v) is 21.0. The number of amides is 1. The van der Waals surface area contributed by atoms with E-state index in [1.165, 1.54) is 24.0 Å². The molecular formula is C27H33N3O3S. The highest BCUT2D eigenvalue weighted by Gasteiger charge is 2.24. The summed E-state index contributed by atoms with van der Waals surface area (Å²) < 4.78 is 12.1. The van der Waals surface area contributed by atoms with E-state index in [-0.39, 0.29) is 5.91 Å². The second kappa shape index (κ2) is 10.4. The van der Waals surface area contributed by atoms with E-state index in [2.05, 4.69) is 30.0 Å². The van der Waals surface area contributed by atoms with Crippen molar-refractivity contribution in [3.8, 4) is 5.75 Å². The van der Waals surface area contributed by atoms with Crippen LogP contribution in [0.3, 0.4) is 0 Å². The van der Waals surface area contributed by atoms with Gasteiger partial charge in [-0.1, -0.05) is 23.5 Å². The van der Waals surface area contributed by atoms with E-state index in [1.807, 2.05) is 17.0 Å². The quantitative estimate of drug-likeness (QED) is 0.484. The third-order valence-electron chi connectivity index (χ3n) is 6.94. The molecule has 1 fully saturated rings. The Labute approximate surface area is 205 Å². The van der Waals surface area contributed by atoms with Crippen LogP contribution in [0.25, 0.3) is 10.2 Å². The first-order valence-corrected chi connectivity index (χ1v) is 13.1. The van der Waals surface area contributed by atoms with Gasteiger partial charge >= 0.3 is 0 Å². The van der Waals surface area contributed by atoms with E-state index >= 15 is 0 Å². The van der Waals surface area contributed by atoms with Gasteiger partial charge in [-0.3, -0.25) is 14.6 Å². The summed E-state index contributed by atoms with van der Waals surface area (Å²) in [6, 6.07) is 10.3. The van der Waals surface area contributed by atoms with Crippen molar-refractivity contribution in [3.63, 3.8) is 0 Å². The number of ether oxygens (including phenoxy) is 2. The SMILES string of the molecule is COc1ccc(C)c2sc(N(CCCN3CCOCC3)C(=O)c3ccc4c(c3)CCCC4)nc12. The van der Waals surface area contributed by atoms with Crippen LogP contribution in [-0.2, 0) is 17.6 Å². The molecule has 6 nitrogen and oxygen atoms in total. The molecule has 1 aliphatic carbocycles. The van der Waals surface area contributed by atoms with Crippen LogP contribution in [0.1, 0.15) is 46.3 Å². The summed E-state index contributed by atoms with van der Waals surface area (Å²) in [6.07, 6.45) is 5.50. The summed E-state index contributed by atoms with van der Waals surface area (Å²) in [5.41, 5.74) is 5.46. The van der Waals surface area contributed by atoms with E-state index < -0.39 is 0 Å². The molecule has 1 amide bonds. The van der Waals surface area contributed by atoms with Crippen LogP contribution < -0.4 is 9.64 Å². The van der Waals surface area contributed by atoms with Gasteiger partial charge < -0.3 is 9.47 Å². The number of rotatable bonds is 7. The third kappa shape index (κ3) is 4.83. The number of nitrogens with zero attached hydrogens (tertiary/aromatic N) is 3. The van der Waals surface area contributed by atoms with Crippen molar-refractivity contribution in [2.75, 3.05) is 51.4 Å². The minimum Gasteiger partial charge on any atom is -0.494 e. The Morgan fingerprint density at radius 2 is 1.94 bits per heavy atom. The van der Waals surface area contributed by atoms with Crippen LogP contribution in [0, 0.1) is 6.92 Å². The van der Waals surface area contributed by atoms with Gasteiger partial charge in [0.15, 0.2) is 5.13 Å². The Kier molecular flexibility index (Phi) is 7.13. The number of anilines is 1. The average molecular weight is 480 g/mol. The number of carbonyl (C=O) groups excluding carboxylic acids is 1. The summed E-state index contributed by atoms with van der Waals surface area (Å²) >= 11 is 1.58. The highest BCUT2D eigenvalue weighted by Crippen LogP contribution is 2.37. The van der Waals surface area contributed by atoms with Crippen molar-refractivity contribution in [2.24, 2.45) is 0 Å². The molecule has 0 saturated carbocycles. The number of carbonyl (C=O) groups is 1. The van der Waals surface area contributed by atoms with Gasteiger partial charge in [-0.25, -0.2) is 4.98 Å². The molecule has 180 valence electrons. The van der Waals surface area contributed by atoms with Gasteiger partial charge in [0.2, 0.25) is 0 Å². The fourth-order valence-electron chi connectivity index (χ4n) is 4.96. The molecule has 0 N–H and O–H groups in total. The molecule has 2 heterocycles. The molecule has 5 rings (SSSR count). The molecule has 7 heteroatoms. The molecular weight excluding hydrogens is 446 g/mol. The second-order valence-electron chi connectivity index (χ2n) is 9.21. The number of hydrogen-bond acceptors (Lipinski definition) is 6. The Morgan fingerprint density at radius 3 is 2.74 bits per heavy atom. The summed E-state index contributed by atoms with van der Waals surface area (Å²) in [5.74, 6) is 0.781. The van der Waals surface area contributed by atoms with Gasteiger partial charge in [0.05, 0.1) is 25.0 Å². The Balaban J connectivity index is 1.45. The Bertz CT molecular complexity index is 1170. The number of morpholine rings is 1. The largest absolute Gasteiger partial charge is 0.494 e. The fourth-order valence-corrected chi connectivity index (χ4v) is 6.04. The lowest BCUT2D eigenvalue weighted by Gasteiger charge is -2.28. The molecule has 2 aromatic carbocycles. The lowest BCUT2D eigenvalue weighted by atomic mass is 9.90. The van der Waals surface area contributed by atoms with E-state index in [0.717, 1.165) is 84.3 Å². The summed E-state index contributed by atoms with van der Waals surface area (Å²) in [4.78, 5) is 23.1. The first-order chi connectivity index (χ1) is 16.6. The van der Waals surface area contributed by atoms with Gasteiger partial charge in [-0.15, -0.1) is 0 Å². The molecule has 1 aromatic heterocycles. The molecule has 2 aliphatic rings. The first kappa shape index (κ1) is 23.3. The third-order valence-corrected chi connectivity index (χ3v) is 8.16. The number of thiazole rings is 1. The lowest BCUT2D eigenvalue weighted by Crippen LogP contribution is -2.39. The molecule has 0 unspecified atom stereocenters. The minimum atomic E-state index is 0.0334. The normalized spacial score (nSPS) is 16.4. The number of hydrogen-bond donors (Lipinski definition) is 0. The van der Waals surface area contributed by atoms with Crippen molar-refractivity contribution >= 4 is 32.6 Å².